The number of anilines is 1. The second kappa shape index (κ2) is 12.3. The molecule has 2 aromatic rings. The van der Waals surface area contributed by atoms with Crippen molar-refractivity contribution in [3.8, 4) is 0 Å². The lowest BCUT2D eigenvalue weighted by atomic mass is 9.97. The number of likely N-dealkylation sites (tertiary alicyclic amines) is 1. The van der Waals surface area contributed by atoms with E-state index in [0.717, 1.165) is 35.2 Å². The molecule has 1 fully saturated rings. The first-order valence-electron chi connectivity index (χ1n) is 11.8. The molecule has 0 bridgehead atoms. The molecule has 0 unspecified atom stereocenters. The summed E-state index contributed by atoms with van der Waals surface area (Å²) in [5, 5.41) is 0. The molecule has 1 aliphatic heterocycles. The number of piperidine rings is 1. The van der Waals surface area contributed by atoms with Crippen LogP contribution < -0.4 is 4.90 Å². The van der Waals surface area contributed by atoms with Gasteiger partial charge in [0.1, 0.15) is 6.61 Å². The number of amides is 2. The van der Waals surface area contributed by atoms with Crippen LogP contribution in [-0.2, 0) is 36.8 Å². The highest BCUT2D eigenvalue weighted by molar-refractivity contribution is 5.94. The molecule has 3 rings (SSSR count). The van der Waals surface area contributed by atoms with Crippen molar-refractivity contribution in [2.45, 2.75) is 39.7 Å². The number of esters is 1. The van der Waals surface area contributed by atoms with E-state index in [1.165, 1.54) is 7.11 Å². The van der Waals surface area contributed by atoms with Gasteiger partial charge in [0, 0.05) is 25.9 Å². The molecule has 7 nitrogen and oxygen atoms in total. The molecule has 0 saturated carbocycles. The summed E-state index contributed by atoms with van der Waals surface area (Å²) in [6.45, 7) is 5.57. The topological polar surface area (TPSA) is 76.2 Å². The predicted octanol–water partition coefficient (Wildman–Crippen LogP) is 3.52. The maximum Gasteiger partial charge on any atom is 0.310 e. The van der Waals surface area contributed by atoms with Crippen molar-refractivity contribution in [3.63, 3.8) is 0 Å². The number of nitrogens with zero attached hydrogens (tertiary/aromatic N) is 2. The average Bonchev–Trinajstić information content (AvgIpc) is 2.84. The zero-order valence-electron chi connectivity index (χ0n) is 20.3. The molecule has 1 saturated heterocycles. The number of hydrogen-bond acceptors (Lipinski definition) is 5. The van der Waals surface area contributed by atoms with Crippen molar-refractivity contribution in [1.29, 1.82) is 0 Å². The fraction of sp³-hybridized carbons (Fsp3) is 0.444. The van der Waals surface area contributed by atoms with Crippen LogP contribution in [0.4, 0.5) is 5.69 Å². The van der Waals surface area contributed by atoms with Gasteiger partial charge >= 0.3 is 5.97 Å². The highest BCUT2D eigenvalue weighted by Crippen LogP contribution is 2.22. The van der Waals surface area contributed by atoms with Gasteiger partial charge in [0.05, 0.1) is 25.5 Å². The van der Waals surface area contributed by atoms with Crippen LogP contribution in [0, 0.1) is 12.8 Å². The van der Waals surface area contributed by atoms with Crippen molar-refractivity contribution in [2.24, 2.45) is 5.92 Å². The van der Waals surface area contributed by atoms with Gasteiger partial charge in [-0.25, -0.2) is 0 Å². The van der Waals surface area contributed by atoms with Crippen molar-refractivity contribution in [1.82, 2.24) is 4.90 Å². The predicted molar refractivity (Wildman–Crippen MR) is 130 cm³/mol. The molecule has 0 radical (unpaired) electrons. The molecule has 0 aromatic heterocycles. The maximum atomic E-state index is 13.0. The molecule has 1 aliphatic rings. The summed E-state index contributed by atoms with van der Waals surface area (Å²) in [6.07, 6.45) is 1.74. The van der Waals surface area contributed by atoms with E-state index in [9.17, 15) is 14.4 Å². The minimum absolute atomic E-state index is 0.0283. The Morgan fingerprint density at radius 3 is 2.56 bits per heavy atom. The number of benzene rings is 2. The lowest BCUT2D eigenvalue weighted by molar-refractivity contribution is -0.151. The third kappa shape index (κ3) is 6.90. The molecule has 1 atom stereocenters. The van der Waals surface area contributed by atoms with Crippen LogP contribution in [0.25, 0.3) is 0 Å². The van der Waals surface area contributed by atoms with Gasteiger partial charge in [-0.2, -0.15) is 0 Å². The van der Waals surface area contributed by atoms with Crippen molar-refractivity contribution >= 4 is 23.5 Å². The third-order valence-corrected chi connectivity index (χ3v) is 6.00. The summed E-state index contributed by atoms with van der Waals surface area (Å²) in [4.78, 5) is 41.4. The van der Waals surface area contributed by atoms with Crippen LogP contribution in [0.3, 0.4) is 0 Å². The van der Waals surface area contributed by atoms with E-state index in [2.05, 4.69) is 0 Å². The molecule has 2 amide bonds. The van der Waals surface area contributed by atoms with Crippen LogP contribution in [0.15, 0.2) is 48.5 Å². The van der Waals surface area contributed by atoms with Gasteiger partial charge in [-0.15, -0.1) is 0 Å². The smallest absolute Gasteiger partial charge is 0.310 e. The Hall–Kier alpha value is -3.19. The lowest BCUT2D eigenvalue weighted by Crippen LogP contribution is -2.43. The Balaban J connectivity index is 1.73. The Morgan fingerprint density at radius 2 is 1.85 bits per heavy atom. The maximum absolute atomic E-state index is 13.0. The van der Waals surface area contributed by atoms with E-state index in [4.69, 9.17) is 9.47 Å². The number of methoxy groups -OCH3 is 1. The summed E-state index contributed by atoms with van der Waals surface area (Å²) >= 11 is 0. The molecule has 7 heteroatoms. The van der Waals surface area contributed by atoms with Crippen LogP contribution in [-0.4, -0.2) is 56.1 Å². The first kappa shape index (κ1) is 25.4. The normalized spacial score (nSPS) is 15.6. The molecule has 0 N–H and O–H groups in total. The van der Waals surface area contributed by atoms with Crippen molar-refractivity contribution in [2.75, 3.05) is 38.3 Å². The summed E-state index contributed by atoms with van der Waals surface area (Å²) in [6, 6.07) is 15.5. The van der Waals surface area contributed by atoms with Crippen molar-refractivity contribution < 1.29 is 23.9 Å². The fourth-order valence-electron chi connectivity index (χ4n) is 4.18. The third-order valence-electron chi connectivity index (χ3n) is 6.00. The van der Waals surface area contributed by atoms with Crippen molar-refractivity contribution in [3.05, 3.63) is 65.2 Å². The first-order chi connectivity index (χ1) is 16.4. The van der Waals surface area contributed by atoms with Crippen LogP contribution >= 0.6 is 0 Å². The standard InChI is InChI=1S/C27H34N2O5/c1-4-34-27(32)23-8-6-14-28(18-23)25(30)16-22-7-5-9-24(15-22)29(26(31)19-33-3)17-21-12-10-20(2)11-13-21/h5,7,9-13,15,23H,4,6,8,14,16-19H2,1-3H3/t23-/m1/s1. The summed E-state index contributed by atoms with van der Waals surface area (Å²) < 4.78 is 10.2. The Kier molecular flexibility index (Phi) is 9.22. The Morgan fingerprint density at radius 1 is 1.09 bits per heavy atom. The van der Waals surface area contributed by atoms with E-state index >= 15 is 0 Å². The zero-order chi connectivity index (χ0) is 24.5. The monoisotopic (exact) mass is 466 g/mol. The molecule has 34 heavy (non-hydrogen) atoms. The summed E-state index contributed by atoms with van der Waals surface area (Å²) in [7, 11) is 1.50. The second-order valence-electron chi connectivity index (χ2n) is 8.68. The van der Waals surface area contributed by atoms with Gasteiger partial charge in [0.15, 0.2) is 0 Å². The number of carbonyl (C=O) groups excluding carboxylic acids is 3. The Labute approximate surface area is 201 Å². The highest BCUT2D eigenvalue weighted by atomic mass is 16.5. The fourth-order valence-corrected chi connectivity index (χ4v) is 4.18. The van der Waals surface area contributed by atoms with Gasteiger partial charge in [-0.1, -0.05) is 42.0 Å². The van der Waals surface area contributed by atoms with Crippen LogP contribution in [0.2, 0.25) is 0 Å². The Bertz CT molecular complexity index is 989. The molecule has 2 aromatic carbocycles. The second-order valence-corrected chi connectivity index (χ2v) is 8.68. The number of ether oxygens (including phenoxy) is 2. The van der Waals surface area contributed by atoms with E-state index in [-0.39, 0.29) is 36.7 Å². The van der Waals surface area contributed by atoms with E-state index in [0.29, 0.717) is 26.2 Å². The highest BCUT2D eigenvalue weighted by Gasteiger charge is 2.29. The minimum atomic E-state index is -0.263. The van der Waals surface area contributed by atoms with Gasteiger partial charge in [0.2, 0.25) is 5.91 Å². The number of carbonyl (C=O) groups is 3. The quantitative estimate of drug-likeness (QED) is 0.529. The van der Waals surface area contributed by atoms with E-state index in [1.807, 2.05) is 55.5 Å². The van der Waals surface area contributed by atoms with Crippen LogP contribution in [0.5, 0.6) is 0 Å². The molecule has 182 valence electrons. The molecule has 1 heterocycles. The van der Waals surface area contributed by atoms with Gasteiger partial charge < -0.3 is 19.3 Å². The van der Waals surface area contributed by atoms with E-state index in [1.54, 1.807) is 16.7 Å². The molecule has 0 aliphatic carbocycles. The van der Waals surface area contributed by atoms with Gasteiger partial charge in [0.25, 0.3) is 5.91 Å². The minimum Gasteiger partial charge on any atom is -0.466 e. The molecular formula is C27H34N2O5. The summed E-state index contributed by atoms with van der Waals surface area (Å²) in [5.41, 5.74) is 3.70. The number of aryl methyl sites for hydroxylation is 1. The molecule has 0 spiro atoms. The van der Waals surface area contributed by atoms with Gasteiger partial charge in [-0.05, 0) is 49.9 Å². The lowest BCUT2D eigenvalue weighted by Gasteiger charge is -2.31. The number of hydrogen-bond donors (Lipinski definition) is 0. The van der Waals surface area contributed by atoms with Crippen LogP contribution in [0.1, 0.15) is 36.5 Å². The average molecular weight is 467 g/mol. The van der Waals surface area contributed by atoms with E-state index < -0.39 is 0 Å². The number of rotatable bonds is 9. The summed E-state index contributed by atoms with van der Waals surface area (Å²) in [5.74, 6) is -0.676. The zero-order valence-corrected chi connectivity index (χ0v) is 20.3. The first-order valence-corrected chi connectivity index (χ1v) is 11.8. The SMILES string of the molecule is CCOC(=O)[C@@H]1CCCN(C(=O)Cc2cccc(N(Cc3ccc(C)cc3)C(=O)COC)c2)C1. The largest absolute Gasteiger partial charge is 0.466 e. The van der Waals surface area contributed by atoms with Gasteiger partial charge in [-0.3, -0.25) is 14.4 Å². The molecular weight excluding hydrogens is 432 g/mol.